The number of hydrogen-bond acceptors (Lipinski definition) is 2. The minimum absolute atomic E-state index is 0.0108. The Morgan fingerprint density at radius 3 is 2.25 bits per heavy atom. The molecule has 0 radical (unpaired) electrons. The van der Waals surface area contributed by atoms with Gasteiger partial charge in [0.05, 0.1) is 0 Å². The van der Waals surface area contributed by atoms with Gasteiger partial charge in [0.1, 0.15) is 12.1 Å². The van der Waals surface area contributed by atoms with Gasteiger partial charge in [-0.05, 0) is 24.7 Å². The Balaban J connectivity index is 3.17. The van der Waals surface area contributed by atoms with Crippen LogP contribution in [-0.4, -0.2) is 34.8 Å². The Hall–Kier alpha value is -1.32. The maximum Gasteiger partial charge on any atom is 0.246 e. The van der Waals surface area contributed by atoms with Gasteiger partial charge < -0.3 is 10.2 Å². The SMILES string of the molecule is C=CCC(C)N1C(=O)C(C(C)(C)C)NC(=O)C1C(C)C. The van der Waals surface area contributed by atoms with Crippen molar-refractivity contribution in [3.8, 4) is 0 Å². The highest BCUT2D eigenvalue weighted by Gasteiger charge is 2.47. The number of amides is 2. The van der Waals surface area contributed by atoms with Crippen molar-refractivity contribution < 1.29 is 9.59 Å². The molecule has 1 aliphatic heterocycles. The number of carbonyl (C=O) groups excluding carboxylic acids is 2. The summed E-state index contributed by atoms with van der Waals surface area (Å²) in [7, 11) is 0. The summed E-state index contributed by atoms with van der Waals surface area (Å²) in [6.45, 7) is 15.6. The Morgan fingerprint density at radius 1 is 1.30 bits per heavy atom. The normalized spacial score (nSPS) is 25.6. The maximum absolute atomic E-state index is 12.8. The van der Waals surface area contributed by atoms with Gasteiger partial charge in [0.15, 0.2) is 0 Å². The number of nitrogens with one attached hydrogen (secondary N) is 1. The molecule has 3 unspecified atom stereocenters. The van der Waals surface area contributed by atoms with E-state index in [2.05, 4.69) is 11.9 Å². The smallest absolute Gasteiger partial charge is 0.246 e. The lowest BCUT2D eigenvalue weighted by molar-refractivity contribution is -0.156. The molecule has 114 valence electrons. The molecule has 0 bridgehead atoms. The van der Waals surface area contributed by atoms with Crippen molar-refractivity contribution >= 4 is 11.8 Å². The van der Waals surface area contributed by atoms with Gasteiger partial charge in [0, 0.05) is 6.04 Å². The second-order valence-corrected chi connectivity index (χ2v) is 7.12. The molecule has 3 atom stereocenters. The monoisotopic (exact) mass is 280 g/mol. The molecule has 1 aliphatic rings. The zero-order valence-corrected chi connectivity index (χ0v) is 13.6. The van der Waals surface area contributed by atoms with Crippen LogP contribution >= 0.6 is 0 Å². The minimum atomic E-state index is -0.461. The number of rotatable bonds is 4. The molecule has 1 saturated heterocycles. The first-order valence-corrected chi connectivity index (χ1v) is 7.34. The first-order chi connectivity index (χ1) is 9.11. The van der Waals surface area contributed by atoms with Crippen LogP contribution in [0.25, 0.3) is 0 Å². The van der Waals surface area contributed by atoms with Gasteiger partial charge in [-0.3, -0.25) is 9.59 Å². The van der Waals surface area contributed by atoms with Crippen LogP contribution in [0.5, 0.6) is 0 Å². The molecule has 1 rings (SSSR count). The predicted octanol–water partition coefficient (Wildman–Crippen LogP) is 2.35. The lowest BCUT2D eigenvalue weighted by Gasteiger charge is -2.47. The molecule has 0 spiro atoms. The summed E-state index contributed by atoms with van der Waals surface area (Å²) in [4.78, 5) is 27.0. The van der Waals surface area contributed by atoms with Gasteiger partial charge in [0.2, 0.25) is 11.8 Å². The van der Waals surface area contributed by atoms with Crippen LogP contribution in [0.1, 0.15) is 48.0 Å². The highest BCUT2D eigenvalue weighted by Crippen LogP contribution is 2.29. The molecule has 1 fully saturated rings. The van der Waals surface area contributed by atoms with E-state index in [1.54, 1.807) is 11.0 Å². The molecule has 2 amide bonds. The molecule has 0 aliphatic carbocycles. The fourth-order valence-electron chi connectivity index (χ4n) is 2.76. The van der Waals surface area contributed by atoms with E-state index < -0.39 is 12.1 Å². The highest BCUT2D eigenvalue weighted by atomic mass is 16.2. The molecular formula is C16H28N2O2. The van der Waals surface area contributed by atoms with Crippen molar-refractivity contribution in [1.29, 1.82) is 0 Å². The summed E-state index contributed by atoms with van der Waals surface area (Å²) in [6.07, 6.45) is 2.49. The van der Waals surface area contributed by atoms with E-state index >= 15 is 0 Å². The molecule has 0 saturated carbocycles. The van der Waals surface area contributed by atoms with Crippen LogP contribution in [0.4, 0.5) is 0 Å². The van der Waals surface area contributed by atoms with E-state index in [0.717, 1.165) is 0 Å². The third-order valence-corrected chi connectivity index (χ3v) is 3.84. The Bertz CT molecular complexity index is 396. The molecule has 1 N–H and O–H groups in total. The summed E-state index contributed by atoms with van der Waals surface area (Å²) in [5.41, 5.74) is -0.291. The molecule has 0 aromatic rings. The second kappa shape index (κ2) is 5.98. The largest absolute Gasteiger partial charge is 0.342 e. The summed E-state index contributed by atoms with van der Waals surface area (Å²) >= 11 is 0. The summed E-state index contributed by atoms with van der Waals surface area (Å²) < 4.78 is 0. The van der Waals surface area contributed by atoms with Gasteiger partial charge >= 0.3 is 0 Å². The quantitative estimate of drug-likeness (QED) is 0.804. The summed E-state index contributed by atoms with van der Waals surface area (Å²) in [5.74, 6) is 0.0627. The third kappa shape index (κ3) is 3.22. The van der Waals surface area contributed by atoms with E-state index in [1.807, 2.05) is 41.5 Å². The Kier molecular flexibility index (Phi) is 5.00. The van der Waals surface area contributed by atoms with Crippen molar-refractivity contribution in [2.45, 2.75) is 66.1 Å². The van der Waals surface area contributed by atoms with Gasteiger partial charge in [-0.15, -0.1) is 6.58 Å². The highest BCUT2D eigenvalue weighted by molar-refractivity contribution is 5.97. The van der Waals surface area contributed by atoms with Crippen LogP contribution < -0.4 is 5.32 Å². The minimum Gasteiger partial charge on any atom is -0.342 e. The van der Waals surface area contributed by atoms with E-state index in [1.165, 1.54) is 0 Å². The van der Waals surface area contributed by atoms with Crippen molar-refractivity contribution in [3.63, 3.8) is 0 Å². The molecule has 20 heavy (non-hydrogen) atoms. The van der Waals surface area contributed by atoms with Crippen molar-refractivity contribution in [2.75, 3.05) is 0 Å². The van der Waals surface area contributed by atoms with Gasteiger partial charge in [-0.2, -0.15) is 0 Å². The average molecular weight is 280 g/mol. The molecule has 1 heterocycles. The summed E-state index contributed by atoms with van der Waals surface area (Å²) in [5, 5.41) is 2.91. The Morgan fingerprint density at radius 2 is 1.85 bits per heavy atom. The van der Waals surface area contributed by atoms with Gasteiger partial charge in [0.25, 0.3) is 0 Å². The molecule has 0 aromatic carbocycles. The van der Waals surface area contributed by atoms with Crippen molar-refractivity contribution in [2.24, 2.45) is 11.3 Å². The number of piperazine rings is 1. The first-order valence-electron chi connectivity index (χ1n) is 7.34. The standard InChI is InChI=1S/C16H28N2O2/c1-8-9-11(4)18-12(10(2)3)14(19)17-13(15(18)20)16(5,6)7/h8,10-13H,1,9H2,2-7H3,(H,17,19). The Labute approximate surface area is 122 Å². The van der Waals surface area contributed by atoms with Gasteiger partial charge in [-0.25, -0.2) is 0 Å². The average Bonchev–Trinajstić information content (AvgIpc) is 2.29. The van der Waals surface area contributed by atoms with E-state index in [4.69, 9.17) is 0 Å². The number of carbonyl (C=O) groups is 2. The maximum atomic E-state index is 12.8. The molecule has 4 nitrogen and oxygen atoms in total. The summed E-state index contributed by atoms with van der Waals surface area (Å²) in [6, 6.07) is -0.864. The van der Waals surface area contributed by atoms with Crippen molar-refractivity contribution in [3.05, 3.63) is 12.7 Å². The zero-order valence-electron chi connectivity index (χ0n) is 13.6. The first kappa shape index (κ1) is 16.7. The van der Waals surface area contributed by atoms with E-state index in [-0.39, 0.29) is 29.2 Å². The zero-order chi connectivity index (χ0) is 15.7. The fourth-order valence-corrected chi connectivity index (χ4v) is 2.76. The van der Waals surface area contributed by atoms with Crippen molar-refractivity contribution in [1.82, 2.24) is 10.2 Å². The third-order valence-electron chi connectivity index (χ3n) is 3.84. The fraction of sp³-hybridized carbons (Fsp3) is 0.750. The number of nitrogens with zero attached hydrogens (tertiary/aromatic N) is 1. The van der Waals surface area contributed by atoms with Crippen LogP contribution in [0.2, 0.25) is 0 Å². The van der Waals surface area contributed by atoms with E-state index in [0.29, 0.717) is 6.42 Å². The van der Waals surface area contributed by atoms with Crippen LogP contribution in [-0.2, 0) is 9.59 Å². The molecular weight excluding hydrogens is 252 g/mol. The van der Waals surface area contributed by atoms with Crippen LogP contribution in [0, 0.1) is 11.3 Å². The van der Waals surface area contributed by atoms with E-state index in [9.17, 15) is 9.59 Å². The van der Waals surface area contributed by atoms with Crippen LogP contribution in [0.15, 0.2) is 12.7 Å². The lowest BCUT2D eigenvalue weighted by atomic mass is 9.82. The van der Waals surface area contributed by atoms with Gasteiger partial charge in [-0.1, -0.05) is 40.7 Å². The topological polar surface area (TPSA) is 49.4 Å². The second-order valence-electron chi connectivity index (χ2n) is 7.12. The van der Waals surface area contributed by atoms with Crippen LogP contribution in [0.3, 0.4) is 0 Å². The molecule has 0 aromatic heterocycles. The number of hydrogen-bond donors (Lipinski definition) is 1. The lowest BCUT2D eigenvalue weighted by Crippen LogP contribution is -2.69. The molecule has 4 heteroatoms. The predicted molar refractivity (Wildman–Crippen MR) is 81.1 cm³/mol.